The van der Waals surface area contributed by atoms with Crippen LogP contribution in [0.1, 0.15) is 30.4 Å². The first-order valence-electron chi connectivity index (χ1n) is 8.51. The van der Waals surface area contributed by atoms with Gasteiger partial charge in [-0.15, -0.1) is 0 Å². The van der Waals surface area contributed by atoms with E-state index in [4.69, 9.17) is 0 Å². The van der Waals surface area contributed by atoms with E-state index in [0.29, 0.717) is 26.1 Å². The Labute approximate surface area is 141 Å². The third kappa shape index (κ3) is 3.38. The molecular weight excluding hydrogens is 308 g/mol. The van der Waals surface area contributed by atoms with Crippen LogP contribution in [-0.4, -0.2) is 64.3 Å². The van der Waals surface area contributed by atoms with Gasteiger partial charge in [-0.3, -0.25) is 4.79 Å². The van der Waals surface area contributed by atoms with Crippen LogP contribution in [0.15, 0.2) is 24.3 Å². The summed E-state index contributed by atoms with van der Waals surface area (Å²) in [6.45, 7) is 3.54. The van der Waals surface area contributed by atoms with Crippen LogP contribution in [0.3, 0.4) is 0 Å². The van der Waals surface area contributed by atoms with E-state index in [9.17, 15) is 19.8 Å². The molecule has 2 saturated heterocycles. The molecule has 1 aromatic carbocycles. The Morgan fingerprint density at radius 2 is 1.71 bits per heavy atom. The summed E-state index contributed by atoms with van der Waals surface area (Å²) in [6, 6.07) is 8.06. The van der Waals surface area contributed by atoms with Crippen LogP contribution < -0.4 is 0 Å². The lowest BCUT2D eigenvalue weighted by Crippen LogP contribution is -2.59. The van der Waals surface area contributed by atoms with Gasteiger partial charge >= 0.3 is 12.0 Å². The summed E-state index contributed by atoms with van der Waals surface area (Å²) in [5.74, 6) is -1.38. The van der Waals surface area contributed by atoms with Crippen molar-refractivity contribution in [2.24, 2.45) is 5.92 Å². The minimum Gasteiger partial charge on any atom is -0.481 e. The predicted octanol–water partition coefficient (Wildman–Crippen LogP) is 1.54. The number of urea groups is 1. The topological polar surface area (TPSA) is 81.1 Å². The summed E-state index contributed by atoms with van der Waals surface area (Å²) in [4.78, 5) is 27.2. The Morgan fingerprint density at radius 1 is 1.08 bits per heavy atom. The van der Waals surface area contributed by atoms with Crippen molar-refractivity contribution in [3.63, 3.8) is 0 Å². The molecule has 0 aromatic heterocycles. The summed E-state index contributed by atoms with van der Waals surface area (Å²) in [5.41, 5.74) is 2.33. The third-order valence-electron chi connectivity index (χ3n) is 5.06. The van der Waals surface area contributed by atoms with Crippen molar-refractivity contribution in [2.45, 2.75) is 31.8 Å². The fraction of sp³-hybridized carbons (Fsp3) is 0.556. The normalized spacial score (nSPS) is 24.6. The number of carboxylic acid groups (broad SMARTS) is 1. The minimum absolute atomic E-state index is 0.0286. The van der Waals surface area contributed by atoms with E-state index >= 15 is 0 Å². The second-order valence-corrected chi connectivity index (χ2v) is 6.81. The maximum atomic E-state index is 12.5. The summed E-state index contributed by atoms with van der Waals surface area (Å²) >= 11 is 0. The summed E-state index contributed by atoms with van der Waals surface area (Å²) in [7, 11) is 0. The molecule has 2 aliphatic rings. The lowest BCUT2D eigenvalue weighted by molar-refractivity contribution is -0.143. The monoisotopic (exact) mass is 332 g/mol. The Balaban J connectivity index is 1.75. The highest BCUT2D eigenvalue weighted by atomic mass is 16.4. The molecule has 0 radical (unpaired) electrons. The predicted molar refractivity (Wildman–Crippen MR) is 88.9 cm³/mol. The van der Waals surface area contributed by atoms with Crippen molar-refractivity contribution >= 4 is 12.0 Å². The summed E-state index contributed by atoms with van der Waals surface area (Å²) in [5, 5.41) is 18.8. The molecule has 2 amide bonds. The Kier molecular flexibility index (Phi) is 4.76. The van der Waals surface area contributed by atoms with Crippen LogP contribution in [0.5, 0.6) is 0 Å². The number of carboxylic acids is 1. The Hall–Kier alpha value is -2.08. The molecule has 2 aliphatic heterocycles. The van der Waals surface area contributed by atoms with Crippen molar-refractivity contribution in [2.75, 3.05) is 26.2 Å². The molecule has 0 aliphatic carbocycles. The standard InChI is InChI=1S/C18H24N2O4/c1-2-12-3-5-13(6-4-12)14-7-15(17(22)23)9-19(8-14)18(24)20-10-16(21)11-20/h3-6,14-16,21H,2,7-11H2,1H3,(H,22,23). The van der Waals surface area contributed by atoms with E-state index in [0.717, 1.165) is 12.0 Å². The van der Waals surface area contributed by atoms with Gasteiger partial charge in [0.2, 0.25) is 0 Å². The van der Waals surface area contributed by atoms with Crippen molar-refractivity contribution in [3.8, 4) is 0 Å². The molecule has 130 valence electrons. The molecule has 0 saturated carbocycles. The van der Waals surface area contributed by atoms with Crippen LogP contribution in [0.4, 0.5) is 4.79 Å². The molecule has 24 heavy (non-hydrogen) atoms. The summed E-state index contributed by atoms with van der Waals surface area (Å²) < 4.78 is 0. The molecule has 2 atom stereocenters. The van der Waals surface area contributed by atoms with Crippen LogP contribution in [0.2, 0.25) is 0 Å². The zero-order valence-electron chi connectivity index (χ0n) is 13.9. The van der Waals surface area contributed by atoms with E-state index in [1.165, 1.54) is 5.56 Å². The smallest absolute Gasteiger partial charge is 0.320 e. The van der Waals surface area contributed by atoms with Gasteiger partial charge in [0.25, 0.3) is 0 Å². The number of nitrogens with zero attached hydrogens (tertiary/aromatic N) is 2. The number of hydrogen-bond donors (Lipinski definition) is 2. The number of aryl methyl sites for hydroxylation is 1. The van der Waals surface area contributed by atoms with Gasteiger partial charge in [0, 0.05) is 19.0 Å². The highest BCUT2D eigenvalue weighted by Gasteiger charge is 2.38. The molecule has 0 bridgehead atoms. The van der Waals surface area contributed by atoms with Gasteiger partial charge in [-0.25, -0.2) is 4.79 Å². The molecule has 1 aromatic rings. The fourth-order valence-electron chi connectivity index (χ4n) is 3.51. The minimum atomic E-state index is -0.855. The molecule has 6 heteroatoms. The van der Waals surface area contributed by atoms with Gasteiger partial charge in [0.1, 0.15) is 0 Å². The van der Waals surface area contributed by atoms with Gasteiger partial charge in [0.15, 0.2) is 0 Å². The number of likely N-dealkylation sites (tertiary alicyclic amines) is 2. The molecule has 6 nitrogen and oxygen atoms in total. The number of piperidine rings is 1. The van der Waals surface area contributed by atoms with Crippen LogP contribution >= 0.6 is 0 Å². The van der Waals surface area contributed by atoms with E-state index in [1.54, 1.807) is 9.80 Å². The lowest BCUT2D eigenvalue weighted by Gasteiger charge is -2.43. The van der Waals surface area contributed by atoms with E-state index in [-0.39, 0.29) is 18.5 Å². The maximum absolute atomic E-state index is 12.5. The Bertz CT molecular complexity index is 610. The molecule has 3 rings (SSSR count). The van der Waals surface area contributed by atoms with Gasteiger partial charge in [-0.1, -0.05) is 31.2 Å². The van der Waals surface area contributed by atoms with Gasteiger partial charge in [-0.05, 0) is 24.0 Å². The van der Waals surface area contributed by atoms with Crippen molar-refractivity contribution < 1.29 is 19.8 Å². The number of aliphatic hydroxyl groups excluding tert-OH is 1. The molecule has 0 spiro atoms. The second kappa shape index (κ2) is 6.81. The van der Waals surface area contributed by atoms with Crippen molar-refractivity contribution in [1.82, 2.24) is 9.80 Å². The number of rotatable bonds is 3. The SMILES string of the molecule is CCc1ccc(C2CC(C(=O)O)CN(C(=O)N3CC(O)C3)C2)cc1. The largest absolute Gasteiger partial charge is 0.481 e. The number of carbonyl (C=O) groups excluding carboxylic acids is 1. The molecule has 2 heterocycles. The number of amides is 2. The number of hydrogen-bond acceptors (Lipinski definition) is 3. The molecule has 2 unspecified atom stereocenters. The Morgan fingerprint density at radius 3 is 2.25 bits per heavy atom. The van der Waals surface area contributed by atoms with Crippen molar-refractivity contribution in [1.29, 1.82) is 0 Å². The highest BCUT2D eigenvalue weighted by molar-refractivity contribution is 5.77. The second-order valence-electron chi connectivity index (χ2n) is 6.81. The van der Waals surface area contributed by atoms with Gasteiger partial charge in [-0.2, -0.15) is 0 Å². The van der Waals surface area contributed by atoms with Crippen LogP contribution in [0.25, 0.3) is 0 Å². The number of aliphatic hydroxyl groups is 1. The number of carbonyl (C=O) groups is 2. The third-order valence-corrected chi connectivity index (χ3v) is 5.06. The maximum Gasteiger partial charge on any atom is 0.320 e. The van der Waals surface area contributed by atoms with E-state index in [2.05, 4.69) is 19.1 Å². The van der Waals surface area contributed by atoms with Gasteiger partial charge in [0.05, 0.1) is 25.1 Å². The number of benzene rings is 1. The van der Waals surface area contributed by atoms with Crippen LogP contribution in [0, 0.1) is 5.92 Å². The molecule has 2 fully saturated rings. The summed E-state index contributed by atoms with van der Waals surface area (Å²) in [6.07, 6.45) is 1.06. The lowest BCUT2D eigenvalue weighted by atomic mass is 9.84. The fourth-order valence-corrected chi connectivity index (χ4v) is 3.51. The highest BCUT2D eigenvalue weighted by Crippen LogP contribution is 2.31. The van der Waals surface area contributed by atoms with E-state index in [1.807, 2.05) is 12.1 Å². The van der Waals surface area contributed by atoms with Gasteiger partial charge < -0.3 is 20.0 Å². The first kappa shape index (κ1) is 16.8. The molecular formula is C18H24N2O4. The molecule has 2 N–H and O–H groups in total. The quantitative estimate of drug-likeness (QED) is 0.880. The number of aliphatic carboxylic acids is 1. The van der Waals surface area contributed by atoms with E-state index < -0.39 is 18.0 Å². The first-order chi connectivity index (χ1) is 11.5. The first-order valence-corrected chi connectivity index (χ1v) is 8.51. The zero-order valence-corrected chi connectivity index (χ0v) is 13.9. The average molecular weight is 332 g/mol. The number of β-amino-alcohol motifs (C(OH)–C–C–N with tert-alkyl or cyclic N) is 1. The zero-order chi connectivity index (χ0) is 17.3. The van der Waals surface area contributed by atoms with Crippen LogP contribution in [-0.2, 0) is 11.2 Å². The average Bonchev–Trinajstić information content (AvgIpc) is 2.58. The van der Waals surface area contributed by atoms with Crippen molar-refractivity contribution in [3.05, 3.63) is 35.4 Å².